The minimum Gasteiger partial charge on any atom is -0.458 e. The lowest BCUT2D eigenvalue weighted by atomic mass is 9.44. The predicted octanol–water partition coefficient (Wildman–Crippen LogP) is 2.38. The quantitative estimate of drug-likeness (QED) is 0.552. The standard InChI is InChI=1S/C23H34O6/c1-13(24)28-12-18(26)22(27)9-6-16-15-10-19-23(29-19)11-14(25)4-7-21(23,3)17(15)5-8-20(16,22)2/h14-17,19,25,27H,4-12H2,1-3H3/t14-,15-,16-,17-,19-,20-,21+,22-,23-/m0/s1. The first kappa shape index (κ1) is 20.0. The Kier molecular flexibility index (Phi) is 4.16. The number of aliphatic hydroxyl groups is 2. The Morgan fingerprint density at radius 2 is 1.72 bits per heavy atom. The summed E-state index contributed by atoms with van der Waals surface area (Å²) in [5.41, 5.74) is -1.98. The molecule has 5 fully saturated rings. The second-order valence-electron chi connectivity index (χ2n) is 11.0. The molecular weight excluding hydrogens is 372 g/mol. The number of rotatable bonds is 3. The Morgan fingerprint density at radius 1 is 1.07 bits per heavy atom. The SMILES string of the molecule is CC(=O)OCC(=O)[C@@]1(O)CC[C@H]2[C@@H]3C[C@@H]4O[C@@]45C[C@@H](O)CC[C@]5(C)[C@H]3CC[C@@]21C. The van der Waals surface area contributed by atoms with Crippen LogP contribution in [0.3, 0.4) is 0 Å². The topological polar surface area (TPSA) is 96.4 Å². The van der Waals surface area contributed by atoms with Crippen molar-refractivity contribution in [1.82, 2.24) is 0 Å². The van der Waals surface area contributed by atoms with Gasteiger partial charge in [-0.1, -0.05) is 13.8 Å². The molecule has 1 heterocycles. The lowest BCUT2D eigenvalue weighted by molar-refractivity contribution is -0.173. The van der Waals surface area contributed by atoms with Crippen LogP contribution in [-0.4, -0.2) is 52.0 Å². The Labute approximate surface area is 172 Å². The van der Waals surface area contributed by atoms with Gasteiger partial charge in [-0.25, -0.2) is 0 Å². The smallest absolute Gasteiger partial charge is 0.303 e. The van der Waals surface area contributed by atoms with E-state index in [1.54, 1.807) is 0 Å². The van der Waals surface area contributed by atoms with Gasteiger partial charge < -0.3 is 19.7 Å². The molecular formula is C23H34O6. The molecule has 0 unspecified atom stereocenters. The van der Waals surface area contributed by atoms with Crippen molar-refractivity contribution in [3.05, 3.63) is 0 Å². The van der Waals surface area contributed by atoms with Gasteiger partial charge in [0.15, 0.2) is 6.61 Å². The number of carbonyl (C=O) groups is 2. The summed E-state index contributed by atoms with van der Waals surface area (Å²) in [6.07, 6.45) is 6.57. The number of hydrogen-bond acceptors (Lipinski definition) is 6. The van der Waals surface area contributed by atoms with E-state index in [4.69, 9.17) is 9.47 Å². The molecule has 6 heteroatoms. The van der Waals surface area contributed by atoms with Gasteiger partial charge in [-0.15, -0.1) is 0 Å². The number of ether oxygens (including phenoxy) is 2. The second kappa shape index (κ2) is 6.04. The molecule has 2 N–H and O–H groups in total. The van der Waals surface area contributed by atoms with Gasteiger partial charge in [-0.2, -0.15) is 0 Å². The highest BCUT2D eigenvalue weighted by atomic mass is 16.6. The summed E-state index contributed by atoms with van der Waals surface area (Å²) < 4.78 is 11.3. The van der Waals surface area contributed by atoms with Gasteiger partial charge >= 0.3 is 5.97 Å². The van der Waals surface area contributed by atoms with E-state index < -0.39 is 17.0 Å². The average molecular weight is 407 g/mol. The number of aliphatic hydroxyl groups excluding tert-OH is 1. The van der Waals surface area contributed by atoms with Crippen LogP contribution in [0.2, 0.25) is 0 Å². The maximum absolute atomic E-state index is 12.9. The van der Waals surface area contributed by atoms with Gasteiger partial charge in [0.1, 0.15) is 11.2 Å². The molecule has 0 aromatic heterocycles. The third-order valence-corrected chi connectivity index (χ3v) is 10.1. The average Bonchev–Trinajstić information content (AvgIpc) is 3.28. The van der Waals surface area contributed by atoms with E-state index in [9.17, 15) is 19.8 Å². The molecule has 0 radical (unpaired) electrons. The van der Waals surface area contributed by atoms with Gasteiger partial charge in [0.25, 0.3) is 0 Å². The van der Waals surface area contributed by atoms with E-state index in [1.165, 1.54) is 6.92 Å². The first-order valence-electron chi connectivity index (χ1n) is 11.3. The summed E-state index contributed by atoms with van der Waals surface area (Å²) in [6.45, 7) is 5.39. The third-order valence-electron chi connectivity index (χ3n) is 10.1. The van der Waals surface area contributed by atoms with E-state index >= 15 is 0 Å². The van der Waals surface area contributed by atoms with Crippen molar-refractivity contribution in [3.8, 4) is 0 Å². The van der Waals surface area contributed by atoms with Crippen LogP contribution in [0, 0.1) is 28.6 Å². The Bertz CT molecular complexity index is 752. The number of hydrogen-bond donors (Lipinski definition) is 2. The molecule has 1 aliphatic heterocycles. The van der Waals surface area contributed by atoms with Crippen LogP contribution in [0.5, 0.6) is 0 Å². The fraction of sp³-hybridized carbons (Fsp3) is 0.913. The molecule has 5 aliphatic rings. The fourth-order valence-electron chi connectivity index (χ4n) is 8.42. The summed E-state index contributed by atoms with van der Waals surface area (Å²) in [6, 6.07) is 0. The summed E-state index contributed by atoms with van der Waals surface area (Å²) in [4.78, 5) is 24.1. The van der Waals surface area contributed by atoms with Crippen LogP contribution in [-0.2, 0) is 19.1 Å². The van der Waals surface area contributed by atoms with Crippen LogP contribution in [0.4, 0.5) is 0 Å². The molecule has 6 nitrogen and oxygen atoms in total. The minimum atomic E-state index is -1.42. The number of fused-ring (bicyclic) bond motifs is 4. The van der Waals surface area contributed by atoms with Gasteiger partial charge in [-0.05, 0) is 62.7 Å². The van der Waals surface area contributed by atoms with E-state index in [0.29, 0.717) is 18.3 Å². The van der Waals surface area contributed by atoms with Crippen molar-refractivity contribution in [2.45, 2.75) is 95.5 Å². The zero-order valence-corrected chi connectivity index (χ0v) is 17.8. The Hall–Kier alpha value is -0.980. The minimum absolute atomic E-state index is 0.0730. The summed E-state index contributed by atoms with van der Waals surface area (Å²) in [5.74, 6) is 0.379. The lowest BCUT2D eigenvalue weighted by Gasteiger charge is -2.59. The van der Waals surface area contributed by atoms with E-state index in [0.717, 1.165) is 44.9 Å². The highest BCUT2D eigenvalue weighted by Crippen LogP contribution is 2.74. The molecule has 9 atom stereocenters. The van der Waals surface area contributed by atoms with Crippen molar-refractivity contribution in [2.24, 2.45) is 28.6 Å². The summed E-state index contributed by atoms with van der Waals surface area (Å²) in [7, 11) is 0. The maximum Gasteiger partial charge on any atom is 0.303 e. The molecule has 0 amide bonds. The Balaban J connectivity index is 1.42. The van der Waals surface area contributed by atoms with Crippen LogP contribution in [0.25, 0.3) is 0 Å². The third kappa shape index (κ3) is 2.40. The van der Waals surface area contributed by atoms with Gasteiger partial charge in [-0.3, -0.25) is 9.59 Å². The molecule has 0 bridgehead atoms. The van der Waals surface area contributed by atoms with Gasteiger partial charge in [0, 0.05) is 24.2 Å². The van der Waals surface area contributed by atoms with Crippen molar-refractivity contribution in [1.29, 1.82) is 0 Å². The molecule has 4 aliphatic carbocycles. The highest BCUT2D eigenvalue weighted by molar-refractivity contribution is 5.90. The Morgan fingerprint density at radius 3 is 2.45 bits per heavy atom. The number of ketones is 1. The van der Waals surface area contributed by atoms with Gasteiger partial charge in [0.2, 0.25) is 5.78 Å². The molecule has 4 saturated carbocycles. The molecule has 29 heavy (non-hydrogen) atoms. The second-order valence-corrected chi connectivity index (χ2v) is 11.0. The molecule has 162 valence electrons. The van der Waals surface area contributed by atoms with Crippen molar-refractivity contribution < 1.29 is 29.3 Å². The lowest BCUT2D eigenvalue weighted by Crippen LogP contribution is -2.61. The van der Waals surface area contributed by atoms with Crippen molar-refractivity contribution >= 4 is 11.8 Å². The normalized spacial score (nSPS) is 55.1. The van der Waals surface area contributed by atoms with Crippen LogP contribution >= 0.6 is 0 Å². The van der Waals surface area contributed by atoms with E-state index in [-0.39, 0.29) is 41.5 Å². The first-order valence-corrected chi connectivity index (χ1v) is 11.3. The largest absolute Gasteiger partial charge is 0.458 e. The number of carbonyl (C=O) groups excluding carboxylic acids is 2. The van der Waals surface area contributed by atoms with Gasteiger partial charge in [0.05, 0.1) is 12.2 Å². The predicted molar refractivity (Wildman–Crippen MR) is 104 cm³/mol. The van der Waals surface area contributed by atoms with Crippen molar-refractivity contribution in [2.75, 3.05) is 6.61 Å². The van der Waals surface area contributed by atoms with Crippen LogP contribution in [0.15, 0.2) is 0 Å². The van der Waals surface area contributed by atoms with E-state index in [2.05, 4.69) is 13.8 Å². The van der Waals surface area contributed by atoms with Crippen LogP contribution in [0.1, 0.15) is 72.1 Å². The maximum atomic E-state index is 12.9. The summed E-state index contributed by atoms with van der Waals surface area (Å²) >= 11 is 0. The zero-order valence-electron chi connectivity index (χ0n) is 17.8. The van der Waals surface area contributed by atoms with Crippen molar-refractivity contribution in [3.63, 3.8) is 0 Å². The van der Waals surface area contributed by atoms with Crippen LogP contribution < -0.4 is 0 Å². The number of esters is 1. The highest BCUT2D eigenvalue weighted by Gasteiger charge is 2.77. The van der Waals surface area contributed by atoms with E-state index in [1.807, 2.05) is 0 Å². The molecule has 0 aromatic rings. The number of Topliss-reactive ketones (excluding diaryl/α,β-unsaturated/α-hetero) is 1. The first-order chi connectivity index (χ1) is 13.6. The molecule has 0 aromatic carbocycles. The molecule has 5 rings (SSSR count). The number of epoxide rings is 1. The summed E-state index contributed by atoms with van der Waals surface area (Å²) in [5, 5.41) is 21.8. The monoisotopic (exact) mass is 406 g/mol. The molecule has 1 saturated heterocycles. The fourth-order valence-corrected chi connectivity index (χ4v) is 8.42. The zero-order chi connectivity index (χ0) is 20.8. The molecule has 1 spiro atoms.